The van der Waals surface area contributed by atoms with E-state index in [0.717, 1.165) is 20.9 Å². The summed E-state index contributed by atoms with van der Waals surface area (Å²) in [5.74, 6) is -0.135. The summed E-state index contributed by atoms with van der Waals surface area (Å²) < 4.78 is 6.26. The van der Waals surface area contributed by atoms with Gasteiger partial charge in [-0.25, -0.2) is 4.98 Å². The normalized spacial score (nSPS) is 14.9. The number of carbonyl (C=O) groups excluding carboxylic acids is 2. The van der Waals surface area contributed by atoms with E-state index in [1.807, 2.05) is 25.1 Å². The molecule has 23 heavy (non-hydrogen) atoms. The van der Waals surface area contributed by atoms with Crippen LogP contribution in [0.4, 0.5) is 5.69 Å². The lowest BCUT2D eigenvalue weighted by molar-refractivity contribution is -0.136. The Morgan fingerprint density at radius 1 is 1.30 bits per heavy atom. The minimum atomic E-state index is -0.146. The first-order chi connectivity index (χ1) is 11.1. The van der Waals surface area contributed by atoms with Crippen LogP contribution in [0.5, 0.6) is 0 Å². The van der Waals surface area contributed by atoms with Crippen molar-refractivity contribution in [3.8, 4) is 0 Å². The van der Waals surface area contributed by atoms with Gasteiger partial charge < -0.3 is 15.0 Å². The molecule has 0 aliphatic carbocycles. The highest BCUT2D eigenvalue weighted by molar-refractivity contribution is 7.18. The Kier molecular flexibility index (Phi) is 4.88. The van der Waals surface area contributed by atoms with Gasteiger partial charge in [-0.1, -0.05) is 0 Å². The molecule has 1 aromatic carbocycles. The Morgan fingerprint density at radius 2 is 2.09 bits per heavy atom. The summed E-state index contributed by atoms with van der Waals surface area (Å²) in [7, 11) is 0. The largest absolute Gasteiger partial charge is 0.378 e. The molecule has 1 saturated heterocycles. The number of nitrogens with zero attached hydrogens (tertiary/aromatic N) is 2. The molecule has 2 heterocycles. The molecule has 7 heteroatoms. The van der Waals surface area contributed by atoms with Crippen molar-refractivity contribution >= 4 is 39.1 Å². The zero-order valence-corrected chi connectivity index (χ0v) is 13.8. The first-order valence-electron chi connectivity index (χ1n) is 7.64. The summed E-state index contributed by atoms with van der Waals surface area (Å²) in [6.07, 6.45) is 0.420. The van der Waals surface area contributed by atoms with Crippen molar-refractivity contribution in [1.29, 1.82) is 0 Å². The average molecular weight is 333 g/mol. The van der Waals surface area contributed by atoms with Gasteiger partial charge in [-0.2, -0.15) is 0 Å². The van der Waals surface area contributed by atoms with E-state index < -0.39 is 0 Å². The molecule has 122 valence electrons. The highest BCUT2D eigenvalue weighted by Gasteiger charge is 2.17. The van der Waals surface area contributed by atoms with Gasteiger partial charge in [0.15, 0.2) is 0 Å². The second-order valence-corrected chi connectivity index (χ2v) is 6.69. The Bertz CT molecular complexity index is 722. The van der Waals surface area contributed by atoms with Gasteiger partial charge in [0.25, 0.3) is 0 Å². The number of nitrogens with one attached hydrogen (secondary N) is 1. The molecule has 1 fully saturated rings. The third-order valence-electron chi connectivity index (χ3n) is 3.71. The number of hydrogen-bond acceptors (Lipinski definition) is 5. The summed E-state index contributed by atoms with van der Waals surface area (Å²) in [4.78, 5) is 30.2. The van der Waals surface area contributed by atoms with Gasteiger partial charge in [0.1, 0.15) is 0 Å². The molecular formula is C16H19N3O3S. The molecule has 1 aromatic heterocycles. The number of benzene rings is 1. The molecule has 0 saturated carbocycles. The smallest absolute Gasteiger partial charge is 0.224 e. The fourth-order valence-electron chi connectivity index (χ4n) is 2.53. The molecule has 2 amide bonds. The summed E-state index contributed by atoms with van der Waals surface area (Å²) in [6.45, 7) is 4.34. The molecule has 2 aromatic rings. The maximum Gasteiger partial charge on any atom is 0.224 e. The molecule has 3 rings (SSSR count). The van der Waals surface area contributed by atoms with Crippen LogP contribution in [0.15, 0.2) is 18.2 Å². The topological polar surface area (TPSA) is 71.5 Å². The van der Waals surface area contributed by atoms with Crippen LogP contribution in [-0.2, 0) is 14.3 Å². The highest BCUT2D eigenvalue weighted by atomic mass is 32.1. The first-order valence-corrected chi connectivity index (χ1v) is 8.46. The monoisotopic (exact) mass is 333 g/mol. The number of aryl methyl sites for hydroxylation is 1. The Hall–Kier alpha value is -1.99. The zero-order valence-electron chi connectivity index (χ0n) is 13.0. The Balaban J connectivity index is 1.52. The van der Waals surface area contributed by atoms with Gasteiger partial charge in [-0.15, -0.1) is 11.3 Å². The van der Waals surface area contributed by atoms with Crippen LogP contribution in [0, 0.1) is 6.92 Å². The van der Waals surface area contributed by atoms with Crippen molar-refractivity contribution in [3.05, 3.63) is 23.2 Å². The van der Waals surface area contributed by atoms with Gasteiger partial charge in [-0.3, -0.25) is 9.59 Å². The number of morpholine rings is 1. The molecule has 0 radical (unpaired) electrons. The van der Waals surface area contributed by atoms with Crippen molar-refractivity contribution in [2.75, 3.05) is 31.6 Å². The summed E-state index contributed by atoms with van der Waals surface area (Å²) >= 11 is 1.60. The molecule has 1 N–H and O–H groups in total. The van der Waals surface area contributed by atoms with Crippen LogP contribution in [-0.4, -0.2) is 48.0 Å². The van der Waals surface area contributed by atoms with E-state index >= 15 is 0 Å². The van der Waals surface area contributed by atoms with E-state index in [1.54, 1.807) is 16.2 Å². The predicted octanol–water partition coefficient (Wildman–Crippen LogP) is 2.18. The summed E-state index contributed by atoms with van der Waals surface area (Å²) in [5, 5.41) is 3.85. The van der Waals surface area contributed by atoms with E-state index in [9.17, 15) is 9.59 Å². The van der Waals surface area contributed by atoms with Crippen LogP contribution in [0.25, 0.3) is 10.2 Å². The fourth-order valence-corrected chi connectivity index (χ4v) is 3.40. The summed E-state index contributed by atoms with van der Waals surface area (Å²) in [6, 6.07) is 5.65. The molecular weight excluding hydrogens is 314 g/mol. The van der Waals surface area contributed by atoms with E-state index in [-0.39, 0.29) is 24.7 Å². The standard InChI is InChI=1S/C16H19N3O3S/c1-11-17-13-3-2-12(10-14(13)23-11)18-15(20)4-5-16(21)19-6-8-22-9-7-19/h2-3,10H,4-9H2,1H3,(H,18,20). The number of aromatic nitrogens is 1. The van der Waals surface area contributed by atoms with Crippen molar-refractivity contribution < 1.29 is 14.3 Å². The van der Waals surface area contributed by atoms with Crippen molar-refractivity contribution in [2.45, 2.75) is 19.8 Å². The van der Waals surface area contributed by atoms with Crippen molar-refractivity contribution in [3.63, 3.8) is 0 Å². The van der Waals surface area contributed by atoms with Crippen molar-refractivity contribution in [1.82, 2.24) is 9.88 Å². The van der Waals surface area contributed by atoms with Gasteiger partial charge in [0.05, 0.1) is 28.4 Å². The third kappa shape index (κ3) is 4.05. The van der Waals surface area contributed by atoms with Gasteiger partial charge in [-0.05, 0) is 25.1 Å². The second-order valence-electron chi connectivity index (χ2n) is 5.46. The number of ether oxygens (including phenoxy) is 1. The minimum Gasteiger partial charge on any atom is -0.378 e. The number of fused-ring (bicyclic) bond motifs is 1. The maximum atomic E-state index is 12.0. The van der Waals surface area contributed by atoms with E-state index in [2.05, 4.69) is 10.3 Å². The number of carbonyl (C=O) groups is 2. The first kappa shape index (κ1) is 15.9. The highest BCUT2D eigenvalue weighted by Crippen LogP contribution is 2.24. The number of anilines is 1. The van der Waals surface area contributed by atoms with Crippen LogP contribution < -0.4 is 5.32 Å². The van der Waals surface area contributed by atoms with Crippen LogP contribution >= 0.6 is 11.3 Å². The number of thiazole rings is 1. The molecule has 0 unspecified atom stereocenters. The SMILES string of the molecule is Cc1nc2ccc(NC(=O)CCC(=O)N3CCOCC3)cc2s1. The van der Waals surface area contributed by atoms with Gasteiger partial charge in [0.2, 0.25) is 11.8 Å². The Morgan fingerprint density at radius 3 is 2.87 bits per heavy atom. The molecule has 1 aliphatic rings. The van der Waals surface area contributed by atoms with Crippen LogP contribution in [0.1, 0.15) is 17.8 Å². The van der Waals surface area contributed by atoms with E-state index in [4.69, 9.17) is 4.74 Å². The lowest BCUT2D eigenvalue weighted by atomic mass is 10.2. The third-order valence-corrected chi connectivity index (χ3v) is 4.64. The minimum absolute atomic E-state index is 0.0111. The molecule has 0 spiro atoms. The second kappa shape index (κ2) is 7.06. The van der Waals surface area contributed by atoms with Crippen molar-refractivity contribution in [2.24, 2.45) is 0 Å². The summed E-state index contributed by atoms with van der Waals surface area (Å²) in [5.41, 5.74) is 1.68. The Labute approximate surface area is 138 Å². The quantitative estimate of drug-likeness (QED) is 0.931. The van der Waals surface area contributed by atoms with Gasteiger partial charge in [0, 0.05) is 31.6 Å². The maximum absolute atomic E-state index is 12.0. The van der Waals surface area contributed by atoms with Crippen LogP contribution in [0.2, 0.25) is 0 Å². The van der Waals surface area contributed by atoms with E-state index in [1.165, 1.54) is 0 Å². The number of hydrogen-bond donors (Lipinski definition) is 1. The lowest BCUT2D eigenvalue weighted by Gasteiger charge is -2.26. The molecule has 1 aliphatic heterocycles. The average Bonchev–Trinajstić information content (AvgIpc) is 2.92. The number of rotatable bonds is 4. The molecule has 6 nitrogen and oxygen atoms in total. The molecule has 0 bridgehead atoms. The predicted molar refractivity (Wildman–Crippen MR) is 89.6 cm³/mol. The fraction of sp³-hybridized carbons (Fsp3) is 0.438. The lowest BCUT2D eigenvalue weighted by Crippen LogP contribution is -2.40. The van der Waals surface area contributed by atoms with E-state index in [0.29, 0.717) is 26.3 Å². The zero-order chi connectivity index (χ0) is 16.2. The number of amides is 2. The van der Waals surface area contributed by atoms with Gasteiger partial charge >= 0.3 is 0 Å². The molecule has 0 atom stereocenters. The van der Waals surface area contributed by atoms with Crippen LogP contribution in [0.3, 0.4) is 0 Å².